The highest BCUT2D eigenvalue weighted by Crippen LogP contribution is 2.41. The van der Waals surface area contributed by atoms with Crippen molar-refractivity contribution in [3.05, 3.63) is 166 Å². The highest BCUT2D eigenvalue weighted by atomic mass is 32.2. The second kappa shape index (κ2) is 16.3. The highest BCUT2D eigenvalue weighted by molar-refractivity contribution is 7.90. The van der Waals surface area contributed by atoms with E-state index in [-0.39, 0.29) is 34.4 Å². The number of methoxy groups -OCH3 is 3. The first kappa shape index (κ1) is 40.0. The fraction of sp³-hybridized carbons (Fsp3) is 0.227. The molecule has 5 aromatic carbocycles. The number of hydrogen-bond donors (Lipinski definition) is 0. The molecule has 0 heterocycles. The Balaban J connectivity index is 0.000000292. The minimum absolute atomic E-state index is 0. The molecule has 9 heteroatoms. The lowest BCUT2D eigenvalue weighted by Crippen LogP contribution is -2.26. The van der Waals surface area contributed by atoms with Crippen molar-refractivity contribution in [1.82, 2.24) is 0 Å². The number of ether oxygens (including phenoxy) is 3. The molecular weight excluding hydrogens is 685 g/mol. The van der Waals surface area contributed by atoms with Crippen LogP contribution in [0.3, 0.4) is 0 Å². The standard InChI is InChI=1S/C32H34O3.C11H8N2O3S.CH4/c1-31(2,24-11-17-28(33-4)18-12-24)23-7-9-25(10-8-23)32(3,26-13-19-29(34-5)20-14-26)27-15-21-30(35-6)22-16-27;1-17(15,16)10-4-2-3-8-7(10)5-6-9(13-12)11(8)14;/h7-22H,1-6H3;2-6H,1H3;1H4. The molecule has 0 saturated heterocycles. The minimum Gasteiger partial charge on any atom is -0.497 e. The molecule has 5 aromatic rings. The SMILES string of the molecule is C.COc1ccc(C(C)(C)c2ccc(C(C)(c3ccc(OC)cc3)c3ccc(OC)cc3)cc2)cc1.CS(=O)(=O)c1cccc2c1C=CC(=[N+]=[N-])C2=O. The van der Waals surface area contributed by atoms with Gasteiger partial charge in [0.2, 0.25) is 0 Å². The van der Waals surface area contributed by atoms with E-state index in [1.165, 1.54) is 58.2 Å². The summed E-state index contributed by atoms with van der Waals surface area (Å²) in [5.41, 5.74) is 14.7. The molecule has 1 aliphatic carbocycles. The van der Waals surface area contributed by atoms with Crippen molar-refractivity contribution >= 4 is 27.4 Å². The van der Waals surface area contributed by atoms with Crippen LogP contribution in [-0.2, 0) is 20.7 Å². The van der Waals surface area contributed by atoms with Gasteiger partial charge in [0.25, 0.3) is 5.78 Å². The second-order valence-corrected chi connectivity index (χ2v) is 15.1. The molecule has 8 nitrogen and oxygen atoms in total. The number of allylic oxidation sites excluding steroid dienone is 1. The summed E-state index contributed by atoms with van der Waals surface area (Å²) >= 11 is 0. The van der Waals surface area contributed by atoms with Gasteiger partial charge in [0.15, 0.2) is 9.84 Å². The van der Waals surface area contributed by atoms with E-state index in [2.05, 4.69) is 86.2 Å². The number of carbonyl (C=O) groups is 1. The molecule has 0 saturated carbocycles. The van der Waals surface area contributed by atoms with Gasteiger partial charge in [-0.2, -0.15) is 4.79 Å². The summed E-state index contributed by atoms with van der Waals surface area (Å²) in [4.78, 5) is 14.7. The molecule has 0 radical (unpaired) electrons. The molecule has 0 aliphatic heterocycles. The Morgan fingerprint density at radius 2 is 0.962 bits per heavy atom. The largest absolute Gasteiger partial charge is 0.497 e. The van der Waals surface area contributed by atoms with E-state index in [1.54, 1.807) is 21.3 Å². The van der Waals surface area contributed by atoms with Gasteiger partial charge >= 0.3 is 5.71 Å². The van der Waals surface area contributed by atoms with Crippen LogP contribution in [0.15, 0.2) is 126 Å². The lowest BCUT2D eigenvalue weighted by molar-refractivity contribution is -0.00436. The van der Waals surface area contributed by atoms with Crippen molar-refractivity contribution < 1.29 is 32.2 Å². The molecule has 53 heavy (non-hydrogen) atoms. The molecule has 0 spiro atoms. The van der Waals surface area contributed by atoms with E-state index in [4.69, 9.17) is 19.7 Å². The third-order valence-electron chi connectivity index (χ3n) is 9.79. The van der Waals surface area contributed by atoms with Gasteiger partial charge in [0.05, 0.1) is 26.2 Å². The average molecular weight is 731 g/mol. The number of carbonyl (C=O) groups excluding carboxylic acids is 1. The number of nitrogens with zero attached hydrogens (tertiary/aromatic N) is 2. The molecule has 274 valence electrons. The van der Waals surface area contributed by atoms with Gasteiger partial charge < -0.3 is 19.7 Å². The van der Waals surface area contributed by atoms with Crippen molar-refractivity contribution in [2.45, 2.75) is 43.9 Å². The Kier molecular flexibility index (Phi) is 12.3. The van der Waals surface area contributed by atoms with Gasteiger partial charge in [0, 0.05) is 34.3 Å². The van der Waals surface area contributed by atoms with Crippen molar-refractivity contribution in [2.75, 3.05) is 27.6 Å². The number of hydrogen-bond acceptors (Lipinski definition) is 6. The molecule has 0 fully saturated rings. The predicted molar refractivity (Wildman–Crippen MR) is 211 cm³/mol. The van der Waals surface area contributed by atoms with Crippen LogP contribution in [0.25, 0.3) is 11.6 Å². The van der Waals surface area contributed by atoms with Crippen molar-refractivity contribution in [1.29, 1.82) is 0 Å². The third-order valence-corrected chi connectivity index (χ3v) is 10.9. The summed E-state index contributed by atoms with van der Waals surface area (Å²) in [6.07, 6.45) is 3.83. The van der Waals surface area contributed by atoms with Crippen LogP contribution in [0, 0.1) is 0 Å². The number of Topliss-reactive ketones (excluding diaryl/α,β-unsaturated/α-hetero) is 1. The van der Waals surface area contributed by atoms with Crippen LogP contribution in [-0.4, -0.2) is 52.3 Å². The van der Waals surface area contributed by atoms with Gasteiger partial charge in [0.1, 0.15) is 17.2 Å². The molecule has 0 atom stereocenters. The molecular formula is C44H46N2O6S. The third kappa shape index (κ3) is 8.17. The van der Waals surface area contributed by atoms with E-state index in [0.717, 1.165) is 23.5 Å². The molecule has 0 amide bonds. The van der Waals surface area contributed by atoms with Gasteiger partial charge in [-0.05, 0) is 83.3 Å². The first-order valence-electron chi connectivity index (χ1n) is 16.6. The smallest absolute Gasteiger partial charge is 0.362 e. The van der Waals surface area contributed by atoms with E-state index >= 15 is 0 Å². The Morgan fingerprint density at radius 1 is 0.585 bits per heavy atom. The van der Waals surface area contributed by atoms with Crippen molar-refractivity contribution in [3.63, 3.8) is 0 Å². The maximum atomic E-state index is 11.8. The zero-order chi connectivity index (χ0) is 37.7. The molecule has 6 rings (SSSR count). The zero-order valence-corrected chi connectivity index (χ0v) is 31.2. The van der Waals surface area contributed by atoms with Crippen LogP contribution in [0.5, 0.6) is 17.2 Å². The molecule has 1 aliphatic rings. The molecule has 0 unspecified atom stereocenters. The molecule has 0 bridgehead atoms. The Morgan fingerprint density at radius 3 is 1.34 bits per heavy atom. The van der Waals surface area contributed by atoms with Gasteiger partial charge in [-0.1, -0.05) is 94.1 Å². The Labute approximate surface area is 313 Å². The number of rotatable bonds is 9. The Hall–Kier alpha value is -5.76. The van der Waals surface area contributed by atoms with Crippen molar-refractivity contribution in [2.24, 2.45) is 0 Å². The van der Waals surface area contributed by atoms with Crippen LogP contribution in [0.4, 0.5) is 0 Å². The van der Waals surface area contributed by atoms with Crippen LogP contribution >= 0.6 is 0 Å². The molecule has 0 aromatic heterocycles. The monoisotopic (exact) mass is 730 g/mol. The maximum Gasteiger partial charge on any atom is 0.362 e. The lowest BCUT2D eigenvalue weighted by atomic mass is 9.70. The summed E-state index contributed by atoms with van der Waals surface area (Å²) in [7, 11) is 1.69. The maximum absolute atomic E-state index is 11.8. The summed E-state index contributed by atoms with van der Waals surface area (Å²) < 4.78 is 39.2. The number of sulfone groups is 1. The van der Waals surface area contributed by atoms with E-state index < -0.39 is 15.6 Å². The first-order chi connectivity index (χ1) is 24.8. The van der Waals surface area contributed by atoms with Gasteiger partial charge in [-0.3, -0.25) is 4.79 Å². The van der Waals surface area contributed by atoms with E-state index in [9.17, 15) is 13.2 Å². The minimum atomic E-state index is -3.40. The van der Waals surface area contributed by atoms with Gasteiger partial charge in [-0.15, -0.1) is 0 Å². The lowest BCUT2D eigenvalue weighted by Gasteiger charge is -2.33. The summed E-state index contributed by atoms with van der Waals surface area (Å²) in [5.74, 6) is 2.08. The number of ketones is 1. The topological polar surface area (TPSA) is 115 Å². The Bertz CT molecular complexity index is 2200. The van der Waals surface area contributed by atoms with Crippen LogP contribution in [0.1, 0.15) is 71.9 Å². The second-order valence-electron chi connectivity index (χ2n) is 13.2. The highest BCUT2D eigenvalue weighted by Gasteiger charge is 2.33. The van der Waals surface area contributed by atoms with E-state index in [1.807, 2.05) is 36.4 Å². The van der Waals surface area contributed by atoms with E-state index in [0.29, 0.717) is 5.56 Å². The predicted octanol–water partition coefficient (Wildman–Crippen LogP) is 9.00. The first-order valence-corrected chi connectivity index (χ1v) is 18.5. The summed E-state index contributed by atoms with van der Waals surface area (Å²) in [6.45, 7) is 6.80. The summed E-state index contributed by atoms with van der Waals surface area (Å²) in [5, 5.41) is 0. The normalized spacial score (nSPS) is 12.4. The summed E-state index contributed by atoms with van der Waals surface area (Å²) in [6, 6.07) is 38.5. The van der Waals surface area contributed by atoms with Crippen LogP contribution < -0.4 is 14.2 Å². The fourth-order valence-corrected chi connectivity index (χ4v) is 7.34. The van der Waals surface area contributed by atoms with Crippen molar-refractivity contribution in [3.8, 4) is 17.2 Å². The quantitative estimate of drug-likeness (QED) is 0.0850. The number of benzene rings is 5. The molecule has 0 N–H and O–H groups in total. The number of fused-ring (bicyclic) bond motifs is 1. The fourth-order valence-electron chi connectivity index (χ4n) is 6.44. The van der Waals surface area contributed by atoms with Gasteiger partial charge in [-0.25, -0.2) is 8.42 Å². The van der Waals surface area contributed by atoms with Crippen LogP contribution in [0.2, 0.25) is 0 Å². The zero-order valence-electron chi connectivity index (χ0n) is 30.4. The average Bonchev–Trinajstić information content (AvgIpc) is 3.17.